The molecule has 0 aromatic heterocycles. The molecule has 174 valence electrons. The maximum absolute atomic E-state index is 13.8. The molecule has 0 spiro atoms. The first-order valence-electron chi connectivity index (χ1n) is 11.2. The number of ether oxygens (including phenoxy) is 3. The molecule has 1 atom stereocenters. The van der Waals surface area contributed by atoms with E-state index in [1.165, 1.54) is 32.1 Å². The van der Waals surface area contributed by atoms with Crippen molar-refractivity contribution in [2.24, 2.45) is 5.92 Å². The summed E-state index contributed by atoms with van der Waals surface area (Å²) in [4.78, 5) is 0. The van der Waals surface area contributed by atoms with Crippen molar-refractivity contribution in [1.82, 2.24) is 0 Å². The second-order valence-electron chi connectivity index (χ2n) is 7.92. The number of hydrogen-bond donors (Lipinski definition) is 0. The highest BCUT2D eigenvalue weighted by molar-refractivity contribution is 5.20. The number of benzene rings is 1. The van der Waals surface area contributed by atoms with Crippen LogP contribution in [-0.4, -0.2) is 27.3 Å². The Morgan fingerprint density at radius 2 is 1.20 bits per heavy atom. The summed E-state index contributed by atoms with van der Waals surface area (Å²) in [5.74, 6) is -3.51. The van der Waals surface area contributed by atoms with Crippen LogP contribution in [0.4, 0.5) is 13.2 Å². The molecule has 1 unspecified atom stereocenters. The highest BCUT2D eigenvalue weighted by atomic mass is 19.1. The topological polar surface area (TPSA) is 27.7 Å². The summed E-state index contributed by atoms with van der Waals surface area (Å²) >= 11 is 0. The van der Waals surface area contributed by atoms with Crippen LogP contribution >= 0.6 is 0 Å². The third-order valence-electron chi connectivity index (χ3n) is 5.84. The minimum absolute atomic E-state index is 0.0416. The lowest BCUT2D eigenvalue weighted by molar-refractivity contribution is -0.380. The van der Waals surface area contributed by atoms with E-state index in [0.717, 1.165) is 44.2 Å². The third kappa shape index (κ3) is 8.56. The molecule has 6 heteroatoms. The van der Waals surface area contributed by atoms with Crippen molar-refractivity contribution < 1.29 is 27.4 Å². The first-order chi connectivity index (χ1) is 14.4. The van der Waals surface area contributed by atoms with Crippen molar-refractivity contribution in [3.8, 4) is 0 Å². The molecule has 0 saturated carbocycles. The van der Waals surface area contributed by atoms with Gasteiger partial charge >= 0.3 is 0 Å². The first-order valence-corrected chi connectivity index (χ1v) is 11.2. The smallest absolute Gasteiger partial charge is 0.285 e. The molecule has 0 aliphatic heterocycles. The van der Waals surface area contributed by atoms with Gasteiger partial charge in [0.2, 0.25) is 0 Å². The van der Waals surface area contributed by atoms with E-state index in [-0.39, 0.29) is 17.9 Å². The zero-order valence-electron chi connectivity index (χ0n) is 19.1. The maximum Gasteiger partial charge on any atom is 0.285 e. The van der Waals surface area contributed by atoms with E-state index >= 15 is 0 Å². The highest BCUT2D eigenvalue weighted by Crippen LogP contribution is 2.33. The lowest BCUT2D eigenvalue weighted by Gasteiger charge is -2.36. The van der Waals surface area contributed by atoms with Crippen LogP contribution in [-0.2, 0) is 20.6 Å². The van der Waals surface area contributed by atoms with Crippen molar-refractivity contribution in [3.63, 3.8) is 0 Å². The van der Waals surface area contributed by atoms with Crippen molar-refractivity contribution in [2.75, 3.05) is 21.3 Å². The van der Waals surface area contributed by atoms with Crippen LogP contribution in [0.15, 0.2) is 12.1 Å². The molecule has 0 heterocycles. The Balaban J connectivity index is 2.52. The largest absolute Gasteiger partial charge is 0.331 e. The summed E-state index contributed by atoms with van der Waals surface area (Å²) in [5.41, 5.74) is -0.0416. The molecule has 0 bridgehead atoms. The van der Waals surface area contributed by atoms with E-state index in [2.05, 4.69) is 6.92 Å². The quantitative estimate of drug-likeness (QED) is 0.193. The summed E-state index contributed by atoms with van der Waals surface area (Å²) in [6.45, 7) is 2.21. The van der Waals surface area contributed by atoms with E-state index in [0.29, 0.717) is 6.42 Å². The third-order valence-corrected chi connectivity index (χ3v) is 5.84. The van der Waals surface area contributed by atoms with Crippen LogP contribution < -0.4 is 0 Å². The van der Waals surface area contributed by atoms with Crippen LogP contribution in [0.1, 0.15) is 83.1 Å². The normalized spacial score (nSPS) is 13.0. The van der Waals surface area contributed by atoms with Crippen molar-refractivity contribution in [1.29, 1.82) is 0 Å². The van der Waals surface area contributed by atoms with Gasteiger partial charge in [0.15, 0.2) is 0 Å². The standard InChI is InChI=1S/C24H39F3O3/c1-5-6-7-8-9-11-14-19(24(28-2,29-3)30-4)15-12-10-13-16-21-22(26)17-20(25)18-23(21)27/h17-19H,5-16H2,1-4H3. The van der Waals surface area contributed by atoms with Crippen LogP contribution in [0.2, 0.25) is 0 Å². The molecule has 0 N–H and O–H groups in total. The average molecular weight is 433 g/mol. The molecule has 1 aromatic rings. The Bertz CT molecular complexity index is 560. The molecule has 0 fully saturated rings. The van der Waals surface area contributed by atoms with Crippen molar-refractivity contribution in [3.05, 3.63) is 35.1 Å². The maximum atomic E-state index is 13.8. The van der Waals surface area contributed by atoms with E-state index in [1.807, 2.05) is 0 Å². The molecule has 1 rings (SSSR count). The van der Waals surface area contributed by atoms with Gasteiger partial charge < -0.3 is 14.2 Å². The minimum atomic E-state index is -1.07. The average Bonchev–Trinajstić information content (AvgIpc) is 2.72. The lowest BCUT2D eigenvalue weighted by atomic mass is 9.91. The van der Waals surface area contributed by atoms with Crippen LogP contribution in [0.25, 0.3) is 0 Å². The fourth-order valence-electron chi connectivity index (χ4n) is 4.10. The predicted octanol–water partition coefficient (Wildman–Crippen LogP) is 7.17. The van der Waals surface area contributed by atoms with Gasteiger partial charge in [-0.05, 0) is 25.7 Å². The van der Waals surface area contributed by atoms with Gasteiger partial charge in [-0.25, -0.2) is 13.2 Å². The molecule has 0 aliphatic carbocycles. The summed E-state index contributed by atoms with van der Waals surface area (Å²) in [6.07, 6.45) is 11.6. The number of halogens is 3. The monoisotopic (exact) mass is 432 g/mol. The molecule has 3 nitrogen and oxygen atoms in total. The lowest BCUT2D eigenvalue weighted by Crippen LogP contribution is -2.44. The van der Waals surface area contributed by atoms with Gasteiger partial charge in [-0.3, -0.25) is 0 Å². The van der Waals surface area contributed by atoms with E-state index in [9.17, 15) is 13.2 Å². The first kappa shape index (κ1) is 26.9. The molecule has 0 radical (unpaired) electrons. The fraction of sp³-hybridized carbons (Fsp3) is 0.750. The zero-order valence-corrected chi connectivity index (χ0v) is 19.1. The van der Waals surface area contributed by atoms with Gasteiger partial charge in [0.1, 0.15) is 17.5 Å². The molecule has 0 aliphatic rings. The molecule has 1 aromatic carbocycles. The zero-order chi connectivity index (χ0) is 22.4. The summed E-state index contributed by atoms with van der Waals surface area (Å²) in [6, 6.07) is 1.47. The van der Waals surface area contributed by atoms with Gasteiger partial charge in [0, 0.05) is 44.9 Å². The van der Waals surface area contributed by atoms with Crippen LogP contribution in [0.5, 0.6) is 0 Å². The number of methoxy groups -OCH3 is 3. The second kappa shape index (κ2) is 14.8. The molecular weight excluding hydrogens is 393 g/mol. The molecule has 0 amide bonds. The SMILES string of the molecule is CCCCCCCCC(CCCCCc1c(F)cc(F)cc1F)C(OC)(OC)OC. The number of unbranched alkanes of at least 4 members (excludes halogenated alkanes) is 7. The molecule has 30 heavy (non-hydrogen) atoms. The van der Waals surface area contributed by atoms with Crippen LogP contribution in [0.3, 0.4) is 0 Å². The van der Waals surface area contributed by atoms with Gasteiger partial charge in [0.05, 0.1) is 0 Å². The summed E-state index contributed by atoms with van der Waals surface area (Å²) < 4.78 is 57.3. The van der Waals surface area contributed by atoms with Crippen molar-refractivity contribution in [2.45, 2.75) is 89.9 Å². The summed E-state index contributed by atoms with van der Waals surface area (Å²) in [5, 5.41) is 0. The van der Waals surface area contributed by atoms with Crippen LogP contribution in [0, 0.1) is 23.4 Å². The van der Waals surface area contributed by atoms with Crippen molar-refractivity contribution >= 4 is 0 Å². The Morgan fingerprint density at radius 1 is 0.733 bits per heavy atom. The number of rotatable bonds is 17. The molecular formula is C24H39F3O3. The van der Waals surface area contributed by atoms with Gasteiger partial charge in [0.25, 0.3) is 5.97 Å². The Kier molecular flexibility index (Phi) is 13.3. The number of hydrogen-bond acceptors (Lipinski definition) is 3. The van der Waals surface area contributed by atoms with Gasteiger partial charge in [-0.2, -0.15) is 0 Å². The van der Waals surface area contributed by atoms with Gasteiger partial charge in [-0.15, -0.1) is 0 Å². The minimum Gasteiger partial charge on any atom is -0.331 e. The highest BCUT2D eigenvalue weighted by Gasteiger charge is 2.39. The Labute approximate surface area is 180 Å². The second-order valence-corrected chi connectivity index (χ2v) is 7.92. The van der Waals surface area contributed by atoms with E-state index < -0.39 is 23.4 Å². The Hall–Kier alpha value is -1.11. The van der Waals surface area contributed by atoms with Gasteiger partial charge in [-0.1, -0.05) is 58.3 Å². The molecule has 0 saturated heterocycles. The van der Waals surface area contributed by atoms with E-state index in [4.69, 9.17) is 14.2 Å². The van der Waals surface area contributed by atoms with E-state index in [1.54, 1.807) is 21.3 Å². The Morgan fingerprint density at radius 3 is 1.70 bits per heavy atom. The summed E-state index contributed by atoms with van der Waals surface area (Å²) in [7, 11) is 4.75. The fourth-order valence-corrected chi connectivity index (χ4v) is 4.10. The predicted molar refractivity (Wildman–Crippen MR) is 114 cm³/mol.